The van der Waals surface area contributed by atoms with Crippen LogP contribution in [0.2, 0.25) is 0 Å². The van der Waals surface area contributed by atoms with Crippen LogP contribution in [0.4, 0.5) is 0 Å². The van der Waals surface area contributed by atoms with Crippen molar-refractivity contribution in [1.82, 2.24) is 10.2 Å². The van der Waals surface area contributed by atoms with Gasteiger partial charge in [0.15, 0.2) is 0 Å². The molecule has 1 aliphatic rings. The van der Waals surface area contributed by atoms with Crippen LogP contribution in [0.15, 0.2) is 0 Å². The van der Waals surface area contributed by atoms with Crippen molar-refractivity contribution in [1.29, 1.82) is 0 Å². The van der Waals surface area contributed by atoms with Crippen LogP contribution in [-0.2, 0) is 4.74 Å². The van der Waals surface area contributed by atoms with Crippen LogP contribution in [0.25, 0.3) is 0 Å². The summed E-state index contributed by atoms with van der Waals surface area (Å²) in [7, 11) is 1.78. The van der Waals surface area contributed by atoms with E-state index in [1.807, 2.05) is 0 Å². The maximum Gasteiger partial charge on any atom is 0.0615 e. The first kappa shape index (κ1) is 11.0. The molecule has 13 heavy (non-hydrogen) atoms. The van der Waals surface area contributed by atoms with Crippen molar-refractivity contribution in [3.63, 3.8) is 0 Å². The number of methoxy groups -OCH3 is 1. The molecule has 1 N–H and O–H groups in total. The van der Waals surface area contributed by atoms with Crippen molar-refractivity contribution in [3.8, 4) is 0 Å². The van der Waals surface area contributed by atoms with Gasteiger partial charge in [0.25, 0.3) is 0 Å². The van der Waals surface area contributed by atoms with E-state index in [-0.39, 0.29) is 0 Å². The van der Waals surface area contributed by atoms with E-state index in [0.717, 1.165) is 19.7 Å². The maximum absolute atomic E-state index is 5.18. The molecule has 1 saturated heterocycles. The lowest BCUT2D eigenvalue weighted by molar-refractivity contribution is 0.0798. The Hall–Kier alpha value is -0.120. The average molecular weight is 186 g/mol. The highest BCUT2D eigenvalue weighted by Crippen LogP contribution is 2.08. The van der Waals surface area contributed by atoms with Crippen molar-refractivity contribution in [2.45, 2.75) is 32.4 Å². The zero-order chi connectivity index (χ0) is 9.68. The fourth-order valence-electron chi connectivity index (χ4n) is 2.03. The van der Waals surface area contributed by atoms with E-state index >= 15 is 0 Å². The lowest BCUT2D eigenvalue weighted by Crippen LogP contribution is -2.44. The van der Waals surface area contributed by atoms with Crippen LogP contribution >= 0.6 is 0 Å². The van der Waals surface area contributed by atoms with E-state index in [1.165, 1.54) is 13.0 Å². The zero-order valence-electron chi connectivity index (χ0n) is 9.05. The molecule has 3 nitrogen and oxygen atoms in total. The van der Waals surface area contributed by atoms with Gasteiger partial charge in [-0.3, -0.25) is 4.90 Å². The number of nitrogens with zero attached hydrogens (tertiary/aromatic N) is 1. The van der Waals surface area contributed by atoms with Gasteiger partial charge in [-0.15, -0.1) is 0 Å². The number of rotatable bonds is 3. The van der Waals surface area contributed by atoms with E-state index in [0.29, 0.717) is 12.1 Å². The lowest BCUT2D eigenvalue weighted by atomic mass is 10.2. The van der Waals surface area contributed by atoms with Crippen molar-refractivity contribution >= 4 is 0 Å². The predicted octanol–water partition coefficient (Wildman–Crippen LogP) is 0.705. The highest BCUT2D eigenvalue weighted by atomic mass is 16.5. The van der Waals surface area contributed by atoms with E-state index in [9.17, 15) is 0 Å². The molecule has 0 radical (unpaired) electrons. The minimum Gasteiger partial charge on any atom is -0.383 e. The average Bonchev–Trinajstić information content (AvgIpc) is 2.30. The summed E-state index contributed by atoms with van der Waals surface area (Å²) in [4.78, 5) is 2.53. The molecule has 0 aromatic heterocycles. The molecule has 0 saturated carbocycles. The van der Waals surface area contributed by atoms with Gasteiger partial charge in [0.1, 0.15) is 0 Å². The van der Waals surface area contributed by atoms with Gasteiger partial charge in [-0.05, 0) is 26.8 Å². The van der Waals surface area contributed by atoms with Gasteiger partial charge in [-0.1, -0.05) is 0 Å². The number of ether oxygens (including phenoxy) is 1. The molecule has 2 unspecified atom stereocenters. The molecular formula is C10H22N2O. The summed E-state index contributed by atoms with van der Waals surface area (Å²) >= 11 is 0. The Morgan fingerprint density at radius 3 is 3.08 bits per heavy atom. The number of hydrogen-bond acceptors (Lipinski definition) is 3. The van der Waals surface area contributed by atoms with Crippen LogP contribution in [-0.4, -0.2) is 50.3 Å². The van der Waals surface area contributed by atoms with Crippen molar-refractivity contribution in [3.05, 3.63) is 0 Å². The Balaban J connectivity index is 2.43. The van der Waals surface area contributed by atoms with E-state index in [1.54, 1.807) is 7.11 Å². The Morgan fingerprint density at radius 2 is 2.38 bits per heavy atom. The third-order valence-corrected chi connectivity index (χ3v) is 2.75. The fraction of sp³-hybridized carbons (Fsp3) is 1.00. The monoisotopic (exact) mass is 186 g/mol. The summed E-state index contributed by atoms with van der Waals surface area (Å²) in [6.45, 7) is 8.81. The second-order valence-corrected chi connectivity index (χ2v) is 3.95. The number of nitrogens with one attached hydrogen (secondary N) is 1. The second kappa shape index (κ2) is 5.58. The van der Waals surface area contributed by atoms with Crippen molar-refractivity contribution in [2.75, 3.05) is 33.4 Å². The molecule has 0 bridgehead atoms. The van der Waals surface area contributed by atoms with Crippen LogP contribution in [0, 0.1) is 0 Å². The largest absolute Gasteiger partial charge is 0.383 e. The summed E-state index contributed by atoms with van der Waals surface area (Å²) in [5.41, 5.74) is 0. The van der Waals surface area contributed by atoms with Crippen LogP contribution in [0.1, 0.15) is 20.3 Å². The normalized spacial score (nSPS) is 28.4. The maximum atomic E-state index is 5.18. The molecule has 0 aliphatic carbocycles. The van der Waals surface area contributed by atoms with Gasteiger partial charge in [-0.25, -0.2) is 0 Å². The van der Waals surface area contributed by atoms with Gasteiger partial charge in [-0.2, -0.15) is 0 Å². The molecule has 0 aromatic carbocycles. The molecule has 0 aromatic rings. The Labute approximate surface area is 81.4 Å². The molecule has 1 aliphatic heterocycles. The minimum atomic E-state index is 0.542. The molecule has 2 atom stereocenters. The van der Waals surface area contributed by atoms with Gasteiger partial charge < -0.3 is 10.1 Å². The molecule has 1 heterocycles. The zero-order valence-corrected chi connectivity index (χ0v) is 9.05. The van der Waals surface area contributed by atoms with Gasteiger partial charge in [0, 0.05) is 32.3 Å². The summed E-state index contributed by atoms with van der Waals surface area (Å²) in [5.74, 6) is 0. The van der Waals surface area contributed by atoms with Gasteiger partial charge >= 0.3 is 0 Å². The van der Waals surface area contributed by atoms with Gasteiger partial charge in [0.2, 0.25) is 0 Å². The summed E-state index contributed by atoms with van der Waals surface area (Å²) in [6, 6.07) is 1.17. The summed E-state index contributed by atoms with van der Waals surface area (Å²) in [6.07, 6.45) is 1.25. The topological polar surface area (TPSA) is 24.5 Å². The molecule has 78 valence electrons. The second-order valence-electron chi connectivity index (χ2n) is 3.95. The van der Waals surface area contributed by atoms with Gasteiger partial charge in [0.05, 0.1) is 6.61 Å². The first-order valence-electron chi connectivity index (χ1n) is 5.21. The van der Waals surface area contributed by atoms with Crippen LogP contribution in [0.5, 0.6) is 0 Å². The fourth-order valence-corrected chi connectivity index (χ4v) is 2.03. The summed E-state index contributed by atoms with van der Waals surface area (Å²) < 4.78 is 5.18. The quantitative estimate of drug-likeness (QED) is 0.702. The molecular weight excluding hydrogens is 164 g/mol. The molecule has 0 spiro atoms. The minimum absolute atomic E-state index is 0.542. The highest BCUT2D eigenvalue weighted by Gasteiger charge is 2.21. The summed E-state index contributed by atoms with van der Waals surface area (Å²) in [5, 5.41) is 3.44. The van der Waals surface area contributed by atoms with Crippen molar-refractivity contribution in [2.24, 2.45) is 0 Å². The Morgan fingerprint density at radius 1 is 1.62 bits per heavy atom. The number of hydrogen-bond donors (Lipinski definition) is 1. The smallest absolute Gasteiger partial charge is 0.0615 e. The SMILES string of the molecule is COCC(C)N1CCCNCC1C. The standard InChI is InChI=1S/C10H22N2O/c1-9-7-11-5-4-6-12(9)10(2)8-13-3/h9-11H,4-8H2,1-3H3. The Bertz CT molecular complexity index is 141. The van der Waals surface area contributed by atoms with E-state index in [4.69, 9.17) is 4.74 Å². The third-order valence-electron chi connectivity index (χ3n) is 2.75. The van der Waals surface area contributed by atoms with Crippen LogP contribution in [0.3, 0.4) is 0 Å². The first-order chi connectivity index (χ1) is 6.25. The highest BCUT2D eigenvalue weighted by molar-refractivity contribution is 4.78. The molecule has 1 rings (SSSR count). The molecule has 0 amide bonds. The lowest BCUT2D eigenvalue weighted by Gasteiger charge is -2.32. The van der Waals surface area contributed by atoms with E-state index < -0.39 is 0 Å². The predicted molar refractivity (Wildman–Crippen MR) is 55.0 cm³/mol. The first-order valence-corrected chi connectivity index (χ1v) is 5.21. The Kier molecular flexibility index (Phi) is 4.70. The van der Waals surface area contributed by atoms with Crippen LogP contribution < -0.4 is 5.32 Å². The molecule has 1 fully saturated rings. The van der Waals surface area contributed by atoms with E-state index in [2.05, 4.69) is 24.1 Å². The molecule has 3 heteroatoms. The third kappa shape index (κ3) is 3.25. The van der Waals surface area contributed by atoms with Crippen molar-refractivity contribution < 1.29 is 4.74 Å².